The Morgan fingerprint density at radius 2 is 1.65 bits per heavy atom. The number of hydrogen-bond donors (Lipinski definition) is 3. The van der Waals surface area contributed by atoms with Crippen LogP contribution in [0.3, 0.4) is 0 Å². The minimum Gasteiger partial charge on any atom is -0.479 e. The maximum atomic E-state index is 12.9. The maximum absolute atomic E-state index is 12.9. The van der Waals surface area contributed by atoms with Gasteiger partial charge in [-0.05, 0) is 118 Å². The molecule has 5 saturated carbocycles. The van der Waals surface area contributed by atoms with Gasteiger partial charge in [0.25, 0.3) is 0 Å². The molecule has 8 rings (SSSR count). The summed E-state index contributed by atoms with van der Waals surface area (Å²) in [6, 6.07) is 0. The maximum Gasteiger partial charge on any atom is 0.303 e. The number of aliphatic hydroxyl groups excluding tert-OH is 3. The molecule has 3 N–H and O–H groups in total. The lowest BCUT2D eigenvalue weighted by molar-refractivity contribution is -0.305. The quantitative estimate of drug-likeness (QED) is 0.109. The summed E-state index contributed by atoms with van der Waals surface area (Å²) in [5.74, 6) is -0.461. The lowest BCUT2D eigenvalue weighted by Crippen LogP contribution is -2.61. The van der Waals surface area contributed by atoms with Gasteiger partial charge in [-0.3, -0.25) is 9.59 Å². The zero-order chi connectivity index (χ0) is 37.6. The first kappa shape index (κ1) is 37.3. The van der Waals surface area contributed by atoms with Crippen LogP contribution >= 0.6 is 0 Å². The van der Waals surface area contributed by atoms with E-state index >= 15 is 0 Å². The lowest BCUT2D eigenvalue weighted by Gasteiger charge is -2.63. The highest BCUT2D eigenvalue weighted by Gasteiger charge is 2.88. The minimum atomic E-state index is -1.26. The number of carbonyl (C=O) groups excluding carboxylic acids is 2. The monoisotopic (exact) mass is 730 g/mol. The van der Waals surface area contributed by atoms with E-state index in [0.29, 0.717) is 18.1 Å². The van der Waals surface area contributed by atoms with Gasteiger partial charge in [-0.1, -0.05) is 34.6 Å². The molecule has 8 aliphatic rings. The second-order valence-corrected chi connectivity index (χ2v) is 19.7. The number of rotatable bonds is 7. The fourth-order valence-corrected chi connectivity index (χ4v) is 14.8. The predicted octanol–water partition coefficient (Wildman–Crippen LogP) is 4.82. The Labute approximate surface area is 308 Å². The molecule has 3 aliphatic heterocycles. The van der Waals surface area contributed by atoms with Gasteiger partial charge in [0.15, 0.2) is 30.2 Å². The van der Waals surface area contributed by atoms with Crippen molar-refractivity contribution in [2.75, 3.05) is 6.61 Å². The molecule has 8 fully saturated rings. The van der Waals surface area contributed by atoms with Crippen LogP contribution < -0.4 is 0 Å². The van der Waals surface area contributed by atoms with Crippen molar-refractivity contribution in [1.82, 2.24) is 0 Å². The Morgan fingerprint density at radius 3 is 2.33 bits per heavy atom. The fraction of sp³-hybridized carbons (Fsp3) is 0.902. The molecule has 11 nitrogen and oxygen atoms in total. The molecule has 52 heavy (non-hydrogen) atoms. The van der Waals surface area contributed by atoms with Gasteiger partial charge >= 0.3 is 5.97 Å². The Morgan fingerprint density at radius 1 is 0.962 bits per heavy atom. The number of aldehydes is 1. The molecule has 5 aliphatic carbocycles. The highest BCUT2D eigenvalue weighted by Crippen LogP contribution is 2.90. The number of ether oxygens (including phenoxy) is 6. The zero-order valence-corrected chi connectivity index (χ0v) is 32.6. The predicted molar refractivity (Wildman–Crippen MR) is 187 cm³/mol. The standard InChI is InChI=1S/C41H62O11/c1-10-23(18-42)48-30-29(45)24(44)19-47-33(30)49-28-13-14-39-20-40(39)16-15-37(8)31-21(2)17-25-32(36(6,7)50-22(3)43)52-41(31,51-25)34(46)38(37,9)27(40)12-11-26(39)35(28,4)5/h10,18,21,24-34,44-46H,11-17,19-20H2,1-9H3. The van der Waals surface area contributed by atoms with Crippen LogP contribution in [0.4, 0.5) is 0 Å². The number of fused-ring (bicyclic) bond motifs is 4. The van der Waals surface area contributed by atoms with E-state index in [-0.39, 0.29) is 64.0 Å². The molecule has 292 valence electrons. The first-order chi connectivity index (χ1) is 24.3. The Balaban J connectivity index is 1.07. The molecule has 17 unspecified atom stereocenters. The van der Waals surface area contributed by atoms with Gasteiger partial charge in [0.2, 0.25) is 0 Å². The summed E-state index contributed by atoms with van der Waals surface area (Å²) in [5, 5.41) is 34.2. The van der Waals surface area contributed by atoms with E-state index in [0.717, 1.165) is 51.4 Å². The van der Waals surface area contributed by atoms with E-state index in [1.54, 1.807) is 6.92 Å². The molecule has 0 aromatic heterocycles. The van der Waals surface area contributed by atoms with Gasteiger partial charge in [0.05, 0.1) is 18.8 Å². The summed E-state index contributed by atoms with van der Waals surface area (Å²) in [7, 11) is 0. The van der Waals surface area contributed by atoms with Crippen molar-refractivity contribution in [3.63, 3.8) is 0 Å². The number of carbonyl (C=O) groups is 2. The van der Waals surface area contributed by atoms with Gasteiger partial charge in [-0.25, -0.2) is 0 Å². The average Bonchev–Trinajstić information content (AvgIpc) is 3.58. The van der Waals surface area contributed by atoms with E-state index < -0.39 is 53.6 Å². The van der Waals surface area contributed by atoms with E-state index in [9.17, 15) is 24.9 Å². The van der Waals surface area contributed by atoms with Gasteiger partial charge < -0.3 is 43.7 Å². The van der Waals surface area contributed by atoms with Gasteiger partial charge in [0.1, 0.15) is 30.0 Å². The molecule has 0 aromatic carbocycles. The second-order valence-electron chi connectivity index (χ2n) is 19.7. The summed E-state index contributed by atoms with van der Waals surface area (Å²) in [6.07, 6.45) is 3.86. The summed E-state index contributed by atoms with van der Waals surface area (Å²) >= 11 is 0. The molecule has 0 aromatic rings. The molecule has 3 spiro atoms. The van der Waals surface area contributed by atoms with Crippen molar-refractivity contribution < 1.29 is 53.3 Å². The van der Waals surface area contributed by atoms with Gasteiger partial charge in [-0.2, -0.15) is 0 Å². The highest BCUT2D eigenvalue weighted by atomic mass is 16.8. The molecular formula is C41H62O11. The molecule has 3 heterocycles. The summed E-state index contributed by atoms with van der Waals surface area (Å²) in [5.41, 5.74) is -1.53. The lowest BCUT2D eigenvalue weighted by atomic mass is 9.41. The third-order valence-corrected chi connectivity index (χ3v) is 16.9. The van der Waals surface area contributed by atoms with Gasteiger partial charge in [-0.15, -0.1) is 0 Å². The molecule has 2 bridgehead atoms. The minimum absolute atomic E-state index is 0.0153. The van der Waals surface area contributed by atoms with Crippen LogP contribution in [0, 0.1) is 50.7 Å². The number of hydrogen-bond acceptors (Lipinski definition) is 11. The normalized spacial score (nSPS) is 54.5. The third kappa shape index (κ3) is 4.56. The third-order valence-electron chi connectivity index (χ3n) is 16.9. The van der Waals surface area contributed by atoms with Crippen molar-refractivity contribution in [3.8, 4) is 0 Å². The molecule has 3 saturated heterocycles. The molecule has 17 atom stereocenters. The summed E-state index contributed by atoms with van der Waals surface area (Å²) < 4.78 is 38.3. The largest absolute Gasteiger partial charge is 0.479 e. The molecule has 0 radical (unpaired) electrons. The van der Waals surface area contributed by atoms with E-state index in [2.05, 4.69) is 34.6 Å². The molecule has 11 heteroatoms. The molecular weight excluding hydrogens is 668 g/mol. The zero-order valence-electron chi connectivity index (χ0n) is 32.6. The first-order valence-electron chi connectivity index (χ1n) is 19.9. The van der Waals surface area contributed by atoms with E-state index in [1.165, 1.54) is 13.0 Å². The van der Waals surface area contributed by atoms with Crippen molar-refractivity contribution in [2.24, 2.45) is 50.7 Å². The van der Waals surface area contributed by atoms with Crippen LogP contribution in [0.25, 0.3) is 0 Å². The average molecular weight is 731 g/mol. The van der Waals surface area contributed by atoms with Crippen molar-refractivity contribution in [3.05, 3.63) is 11.8 Å². The number of esters is 1. The van der Waals surface area contributed by atoms with E-state index in [4.69, 9.17) is 28.4 Å². The van der Waals surface area contributed by atoms with Crippen LogP contribution in [0.2, 0.25) is 0 Å². The Kier molecular flexibility index (Phi) is 8.41. The van der Waals surface area contributed by atoms with Crippen molar-refractivity contribution >= 4 is 12.3 Å². The smallest absolute Gasteiger partial charge is 0.303 e. The fourth-order valence-electron chi connectivity index (χ4n) is 14.8. The molecule has 0 amide bonds. The summed E-state index contributed by atoms with van der Waals surface area (Å²) in [4.78, 5) is 23.7. The van der Waals surface area contributed by atoms with Crippen LogP contribution in [0.1, 0.15) is 114 Å². The SMILES string of the molecule is CC=C(C=O)OC1C(OC2CCC34CC35CCC3(C)C6C(C)CC7OC6(OC7C(C)(C)OC(C)=O)C(O)C3(C)C5CCC4C2(C)C)OCC(O)C1O. The van der Waals surface area contributed by atoms with Crippen LogP contribution in [0.15, 0.2) is 11.8 Å². The van der Waals surface area contributed by atoms with Gasteiger partial charge in [0, 0.05) is 18.3 Å². The van der Waals surface area contributed by atoms with E-state index in [1.807, 2.05) is 13.8 Å². The highest BCUT2D eigenvalue weighted by molar-refractivity contribution is 5.70. The topological polar surface area (TPSA) is 150 Å². The van der Waals surface area contributed by atoms with Crippen molar-refractivity contribution in [2.45, 2.75) is 174 Å². The first-order valence-corrected chi connectivity index (χ1v) is 19.9. The van der Waals surface area contributed by atoms with Crippen LogP contribution in [-0.2, 0) is 38.0 Å². The Bertz CT molecular complexity index is 1510. The number of allylic oxidation sites excluding steroid dienone is 2. The Hall–Kier alpha value is -1.60. The van der Waals surface area contributed by atoms with Crippen LogP contribution in [0.5, 0.6) is 0 Å². The summed E-state index contributed by atoms with van der Waals surface area (Å²) in [6.45, 7) is 18.5. The van der Waals surface area contributed by atoms with Crippen LogP contribution in [-0.4, -0.2) is 94.6 Å². The second kappa shape index (κ2) is 11.7. The number of aliphatic hydroxyl groups is 3. The van der Waals surface area contributed by atoms with Crippen molar-refractivity contribution in [1.29, 1.82) is 0 Å².